The van der Waals surface area contributed by atoms with Crippen LogP contribution in [0.4, 0.5) is 5.82 Å². The van der Waals surface area contributed by atoms with E-state index < -0.39 is 5.97 Å². The van der Waals surface area contributed by atoms with E-state index in [-0.39, 0.29) is 5.92 Å². The first-order chi connectivity index (χ1) is 13.2. The normalized spacial score (nSPS) is 23.5. The standard InChI is InChI=1S/C22H29N3O2/c26-22(27)16-8-10-19(11-9-16)23-15-18-14-17-6-2-3-7-20(17)24-21(18)25-12-4-1-5-13-25/h2-3,6-7,14,16,19,23H,1,4-5,8-13,15H2,(H,26,27). The van der Waals surface area contributed by atoms with Crippen LogP contribution in [0.15, 0.2) is 30.3 Å². The van der Waals surface area contributed by atoms with Crippen LogP contribution in [0.25, 0.3) is 10.9 Å². The molecular weight excluding hydrogens is 338 g/mol. The molecule has 0 spiro atoms. The lowest BCUT2D eigenvalue weighted by molar-refractivity contribution is -0.142. The first-order valence-corrected chi connectivity index (χ1v) is 10.3. The zero-order valence-electron chi connectivity index (χ0n) is 15.9. The topological polar surface area (TPSA) is 65.5 Å². The maximum atomic E-state index is 11.2. The van der Waals surface area contributed by atoms with E-state index in [9.17, 15) is 9.90 Å². The Hall–Kier alpha value is -2.14. The molecule has 4 rings (SSSR count). The van der Waals surface area contributed by atoms with Gasteiger partial charge in [-0.2, -0.15) is 0 Å². The molecule has 0 unspecified atom stereocenters. The number of carboxylic acid groups (broad SMARTS) is 1. The summed E-state index contributed by atoms with van der Waals surface area (Å²) in [4.78, 5) is 18.6. The molecule has 2 fully saturated rings. The number of hydrogen-bond donors (Lipinski definition) is 2. The van der Waals surface area contributed by atoms with Crippen LogP contribution < -0.4 is 10.2 Å². The van der Waals surface area contributed by atoms with Crippen molar-refractivity contribution in [2.24, 2.45) is 5.92 Å². The lowest BCUT2D eigenvalue weighted by atomic mass is 9.86. The summed E-state index contributed by atoms with van der Waals surface area (Å²) >= 11 is 0. The number of carboxylic acids is 1. The molecule has 2 aliphatic rings. The van der Waals surface area contributed by atoms with Crippen LogP contribution in [0, 0.1) is 5.92 Å². The fraction of sp³-hybridized carbons (Fsp3) is 0.545. The van der Waals surface area contributed by atoms with Crippen LogP contribution in [0.5, 0.6) is 0 Å². The highest BCUT2D eigenvalue weighted by atomic mass is 16.4. The number of para-hydroxylation sites is 1. The highest BCUT2D eigenvalue weighted by Gasteiger charge is 2.26. The number of piperidine rings is 1. The van der Waals surface area contributed by atoms with Crippen molar-refractivity contribution >= 4 is 22.7 Å². The molecule has 5 nitrogen and oxygen atoms in total. The van der Waals surface area contributed by atoms with E-state index in [0.29, 0.717) is 6.04 Å². The van der Waals surface area contributed by atoms with Crippen molar-refractivity contribution in [1.29, 1.82) is 0 Å². The minimum Gasteiger partial charge on any atom is -0.481 e. The summed E-state index contributed by atoms with van der Waals surface area (Å²) in [6.07, 6.45) is 7.23. The van der Waals surface area contributed by atoms with Gasteiger partial charge in [0.2, 0.25) is 0 Å². The third kappa shape index (κ3) is 4.24. The summed E-state index contributed by atoms with van der Waals surface area (Å²) in [7, 11) is 0. The van der Waals surface area contributed by atoms with Gasteiger partial charge < -0.3 is 15.3 Å². The predicted molar refractivity (Wildman–Crippen MR) is 108 cm³/mol. The molecule has 144 valence electrons. The van der Waals surface area contributed by atoms with E-state index >= 15 is 0 Å². The molecule has 1 aliphatic heterocycles. The molecule has 0 bridgehead atoms. The Bertz CT molecular complexity index is 793. The molecule has 1 aromatic carbocycles. The largest absolute Gasteiger partial charge is 0.481 e. The zero-order valence-corrected chi connectivity index (χ0v) is 15.9. The first kappa shape index (κ1) is 18.2. The van der Waals surface area contributed by atoms with Gasteiger partial charge in [-0.25, -0.2) is 4.98 Å². The summed E-state index contributed by atoms with van der Waals surface area (Å²) in [5, 5.41) is 14.0. The molecular formula is C22H29N3O2. The maximum Gasteiger partial charge on any atom is 0.306 e. The number of hydrogen-bond acceptors (Lipinski definition) is 4. The summed E-state index contributed by atoms with van der Waals surface area (Å²) in [6.45, 7) is 2.97. The molecule has 2 N–H and O–H groups in total. The molecule has 27 heavy (non-hydrogen) atoms. The number of nitrogens with one attached hydrogen (secondary N) is 1. The Morgan fingerprint density at radius 1 is 1.11 bits per heavy atom. The number of rotatable bonds is 5. The third-order valence-corrected chi connectivity index (χ3v) is 6.09. The van der Waals surface area contributed by atoms with Gasteiger partial charge in [-0.05, 0) is 57.1 Å². The number of aliphatic carboxylic acids is 1. The second kappa shape index (κ2) is 8.26. The number of fused-ring (bicyclic) bond motifs is 1. The van der Waals surface area contributed by atoms with E-state index in [4.69, 9.17) is 4.98 Å². The van der Waals surface area contributed by atoms with Crippen LogP contribution >= 0.6 is 0 Å². The second-order valence-electron chi connectivity index (χ2n) is 7.98. The van der Waals surface area contributed by atoms with Crippen molar-refractivity contribution in [3.05, 3.63) is 35.9 Å². The Morgan fingerprint density at radius 3 is 2.59 bits per heavy atom. The third-order valence-electron chi connectivity index (χ3n) is 6.09. The molecule has 0 atom stereocenters. The highest BCUT2D eigenvalue weighted by molar-refractivity contribution is 5.81. The van der Waals surface area contributed by atoms with Crippen LogP contribution in [0.3, 0.4) is 0 Å². The smallest absolute Gasteiger partial charge is 0.306 e. The summed E-state index contributed by atoms with van der Waals surface area (Å²) < 4.78 is 0. The van der Waals surface area contributed by atoms with Crippen molar-refractivity contribution in [1.82, 2.24) is 10.3 Å². The van der Waals surface area contributed by atoms with Gasteiger partial charge in [-0.15, -0.1) is 0 Å². The lowest BCUT2D eigenvalue weighted by Crippen LogP contribution is -2.36. The molecule has 1 aliphatic carbocycles. The van der Waals surface area contributed by atoms with Crippen molar-refractivity contribution in [3.63, 3.8) is 0 Å². The number of aromatic nitrogens is 1. The van der Waals surface area contributed by atoms with Gasteiger partial charge >= 0.3 is 5.97 Å². The molecule has 2 heterocycles. The van der Waals surface area contributed by atoms with E-state index in [1.165, 1.54) is 30.2 Å². The van der Waals surface area contributed by atoms with Crippen LogP contribution in [0.2, 0.25) is 0 Å². The minimum absolute atomic E-state index is 0.158. The van der Waals surface area contributed by atoms with Gasteiger partial charge in [-0.1, -0.05) is 18.2 Å². The number of nitrogens with zero attached hydrogens (tertiary/aromatic N) is 2. The van der Waals surface area contributed by atoms with Crippen LogP contribution in [0.1, 0.15) is 50.5 Å². The van der Waals surface area contributed by atoms with Gasteiger partial charge in [0.1, 0.15) is 5.82 Å². The van der Waals surface area contributed by atoms with Gasteiger partial charge in [0.05, 0.1) is 11.4 Å². The number of carbonyl (C=O) groups is 1. The van der Waals surface area contributed by atoms with Crippen molar-refractivity contribution in [3.8, 4) is 0 Å². The Morgan fingerprint density at radius 2 is 1.85 bits per heavy atom. The van der Waals surface area contributed by atoms with Crippen LogP contribution in [-0.2, 0) is 11.3 Å². The van der Waals surface area contributed by atoms with Gasteiger partial charge in [-0.3, -0.25) is 4.79 Å². The molecule has 0 radical (unpaired) electrons. The van der Waals surface area contributed by atoms with E-state index in [1.54, 1.807) is 0 Å². The van der Waals surface area contributed by atoms with E-state index in [1.807, 2.05) is 6.07 Å². The Kier molecular flexibility index (Phi) is 5.58. The van der Waals surface area contributed by atoms with Gasteiger partial charge in [0.25, 0.3) is 0 Å². The van der Waals surface area contributed by atoms with Crippen molar-refractivity contribution in [2.75, 3.05) is 18.0 Å². The predicted octanol–water partition coefficient (Wildman–Crippen LogP) is 3.96. The fourth-order valence-corrected chi connectivity index (χ4v) is 4.46. The number of pyridine rings is 1. The fourth-order valence-electron chi connectivity index (χ4n) is 4.46. The lowest BCUT2D eigenvalue weighted by Gasteiger charge is -2.31. The monoisotopic (exact) mass is 367 g/mol. The average Bonchev–Trinajstić information content (AvgIpc) is 2.72. The zero-order chi connectivity index (χ0) is 18.6. The molecule has 1 saturated carbocycles. The van der Waals surface area contributed by atoms with Crippen LogP contribution in [-0.4, -0.2) is 35.2 Å². The number of anilines is 1. The summed E-state index contributed by atoms with van der Waals surface area (Å²) in [6, 6.07) is 11.0. The summed E-state index contributed by atoms with van der Waals surface area (Å²) in [5.74, 6) is 0.328. The van der Waals surface area contributed by atoms with Gasteiger partial charge in [0, 0.05) is 36.6 Å². The summed E-state index contributed by atoms with van der Waals surface area (Å²) in [5.41, 5.74) is 2.32. The quantitative estimate of drug-likeness (QED) is 0.837. The molecule has 1 aromatic heterocycles. The van der Waals surface area contributed by atoms with Crippen molar-refractivity contribution in [2.45, 2.75) is 57.5 Å². The Labute approximate surface area is 160 Å². The highest BCUT2D eigenvalue weighted by Crippen LogP contribution is 2.28. The average molecular weight is 367 g/mol. The molecule has 0 amide bonds. The first-order valence-electron chi connectivity index (χ1n) is 10.3. The number of benzene rings is 1. The minimum atomic E-state index is -0.639. The second-order valence-corrected chi connectivity index (χ2v) is 7.98. The van der Waals surface area contributed by atoms with Gasteiger partial charge in [0.15, 0.2) is 0 Å². The van der Waals surface area contributed by atoms with E-state index in [2.05, 4.69) is 34.5 Å². The Balaban J connectivity index is 1.50. The maximum absolute atomic E-state index is 11.2. The van der Waals surface area contributed by atoms with Crippen molar-refractivity contribution < 1.29 is 9.90 Å². The SMILES string of the molecule is O=C(O)C1CCC(NCc2cc3ccccc3nc2N2CCCCC2)CC1. The van der Waals surface area contributed by atoms with E-state index in [0.717, 1.165) is 56.7 Å². The molecule has 5 heteroatoms. The molecule has 1 saturated heterocycles. The molecule has 2 aromatic rings.